The van der Waals surface area contributed by atoms with Crippen LogP contribution in [0.25, 0.3) is 0 Å². The average Bonchev–Trinajstić information content (AvgIpc) is 2.68. The average molecular weight is 435 g/mol. The number of urea groups is 1. The van der Waals surface area contributed by atoms with Gasteiger partial charge in [0.1, 0.15) is 0 Å². The first-order valence-electron chi connectivity index (χ1n) is 9.55. The van der Waals surface area contributed by atoms with E-state index in [-0.39, 0.29) is 18.0 Å². The van der Waals surface area contributed by atoms with Gasteiger partial charge in [-0.1, -0.05) is 41.6 Å². The second-order valence-electron chi connectivity index (χ2n) is 7.19. The maximum atomic E-state index is 12.5. The van der Waals surface area contributed by atoms with Crippen LogP contribution < -0.4 is 5.32 Å². The molecule has 2 heterocycles. The van der Waals surface area contributed by atoms with Crippen molar-refractivity contribution in [3.8, 4) is 11.8 Å². The van der Waals surface area contributed by atoms with Crippen LogP contribution >= 0.6 is 23.2 Å². The van der Waals surface area contributed by atoms with Crippen LogP contribution in [0, 0.1) is 11.8 Å². The van der Waals surface area contributed by atoms with E-state index in [1.807, 2.05) is 6.92 Å². The van der Waals surface area contributed by atoms with Crippen molar-refractivity contribution in [1.82, 2.24) is 20.0 Å². The maximum absolute atomic E-state index is 12.5. The van der Waals surface area contributed by atoms with Crippen molar-refractivity contribution in [3.63, 3.8) is 0 Å². The Bertz CT molecular complexity index is 850. The minimum Gasteiger partial charge on any atom is -0.336 e. The Kier molecular flexibility index (Phi) is 7.07. The van der Waals surface area contributed by atoms with Gasteiger partial charge in [-0.25, -0.2) is 4.79 Å². The van der Waals surface area contributed by atoms with E-state index < -0.39 is 0 Å². The number of hydrogen-bond acceptors (Lipinski definition) is 3. The number of benzene rings is 1. The lowest BCUT2D eigenvalue weighted by atomic mass is 10.1. The smallest absolute Gasteiger partial charge is 0.318 e. The number of nitrogens with one attached hydrogen (secondary N) is 1. The predicted molar refractivity (Wildman–Crippen MR) is 115 cm³/mol. The van der Waals surface area contributed by atoms with Gasteiger partial charge >= 0.3 is 6.03 Å². The summed E-state index contributed by atoms with van der Waals surface area (Å²) < 4.78 is 0. The molecule has 0 aliphatic carbocycles. The highest BCUT2D eigenvalue weighted by Gasteiger charge is 2.35. The van der Waals surface area contributed by atoms with E-state index in [4.69, 9.17) is 23.2 Å². The first kappa shape index (κ1) is 21.5. The first-order valence-corrected chi connectivity index (χ1v) is 10.3. The molecule has 2 aliphatic heterocycles. The molecular weight excluding hydrogens is 411 g/mol. The third-order valence-electron chi connectivity index (χ3n) is 5.16. The molecule has 2 saturated heterocycles. The van der Waals surface area contributed by atoms with Gasteiger partial charge in [-0.15, -0.1) is 0 Å². The van der Waals surface area contributed by atoms with Gasteiger partial charge in [0.25, 0.3) is 0 Å². The Morgan fingerprint density at radius 3 is 2.48 bits per heavy atom. The third-order valence-corrected chi connectivity index (χ3v) is 5.90. The summed E-state index contributed by atoms with van der Waals surface area (Å²) in [6.07, 6.45) is 1.35. The molecule has 3 amide bonds. The third kappa shape index (κ3) is 5.45. The van der Waals surface area contributed by atoms with E-state index in [2.05, 4.69) is 28.6 Å². The van der Waals surface area contributed by atoms with Gasteiger partial charge in [-0.2, -0.15) is 0 Å². The zero-order valence-corrected chi connectivity index (χ0v) is 17.8. The summed E-state index contributed by atoms with van der Waals surface area (Å²) in [4.78, 5) is 30.0. The molecular formula is C21H24Cl2N4O2. The minimum atomic E-state index is -0.292. The highest BCUT2D eigenvalue weighted by molar-refractivity contribution is 6.42. The summed E-state index contributed by atoms with van der Waals surface area (Å²) in [7, 11) is 0. The Balaban J connectivity index is 1.43. The van der Waals surface area contributed by atoms with E-state index in [9.17, 15) is 9.59 Å². The molecule has 0 aromatic heterocycles. The van der Waals surface area contributed by atoms with Crippen LogP contribution in [0.5, 0.6) is 0 Å². The Labute approximate surface area is 181 Å². The highest BCUT2D eigenvalue weighted by Crippen LogP contribution is 2.22. The monoisotopic (exact) mass is 434 g/mol. The zero-order valence-electron chi connectivity index (χ0n) is 16.3. The van der Waals surface area contributed by atoms with Gasteiger partial charge < -0.3 is 15.1 Å². The molecule has 3 rings (SSSR count). The van der Waals surface area contributed by atoms with E-state index in [0.717, 1.165) is 31.7 Å². The molecule has 1 N–H and O–H groups in total. The van der Waals surface area contributed by atoms with Crippen molar-refractivity contribution in [1.29, 1.82) is 0 Å². The molecule has 2 fully saturated rings. The fraction of sp³-hybridized carbons (Fsp3) is 0.429. The number of piperazine rings is 1. The lowest BCUT2D eigenvalue weighted by molar-refractivity contribution is -0.133. The normalized spacial score (nSPS) is 18.3. The van der Waals surface area contributed by atoms with Gasteiger partial charge in [0.05, 0.1) is 16.1 Å². The molecule has 0 bridgehead atoms. The van der Waals surface area contributed by atoms with Crippen LogP contribution in [0.2, 0.25) is 10.0 Å². The molecule has 2 aliphatic rings. The maximum Gasteiger partial charge on any atom is 0.318 e. The molecule has 29 heavy (non-hydrogen) atoms. The Morgan fingerprint density at radius 2 is 1.86 bits per heavy atom. The summed E-state index contributed by atoms with van der Waals surface area (Å²) >= 11 is 11.9. The van der Waals surface area contributed by atoms with E-state index >= 15 is 0 Å². The van der Waals surface area contributed by atoms with Crippen molar-refractivity contribution in [2.45, 2.75) is 19.0 Å². The number of carbonyl (C=O) groups excluding carboxylic acids is 2. The Hall–Kier alpha value is -2.20. The number of carbonyl (C=O) groups is 2. The molecule has 154 valence electrons. The van der Waals surface area contributed by atoms with E-state index in [0.29, 0.717) is 29.2 Å². The predicted octanol–water partition coefficient (Wildman–Crippen LogP) is 2.46. The fourth-order valence-electron chi connectivity index (χ4n) is 3.36. The Morgan fingerprint density at radius 1 is 1.17 bits per heavy atom. The van der Waals surface area contributed by atoms with Gasteiger partial charge in [0.2, 0.25) is 5.91 Å². The van der Waals surface area contributed by atoms with Gasteiger partial charge in [-0.3, -0.25) is 9.69 Å². The molecule has 0 saturated carbocycles. The summed E-state index contributed by atoms with van der Waals surface area (Å²) in [6, 6.07) is 5.16. The molecule has 1 aromatic carbocycles. The lowest BCUT2D eigenvalue weighted by Crippen LogP contribution is -2.64. The van der Waals surface area contributed by atoms with Crippen LogP contribution in [0.1, 0.15) is 12.5 Å². The SMILES string of the molecule is C=CC(=O)N1CC(N2CCN(C(=O)NC(C)C#Cc3ccc(Cl)c(Cl)c3)CC2)C1. The lowest BCUT2D eigenvalue weighted by Gasteiger charge is -2.47. The van der Waals surface area contributed by atoms with Crippen molar-refractivity contribution < 1.29 is 9.59 Å². The summed E-state index contributed by atoms with van der Waals surface area (Å²) in [6.45, 7) is 9.75. The van der Waals surface area contributed by atoms with E-state index in [1.54, 1.807) is 28.0 Å². The number of likely N-dealkylation sites (tertiary alicyclic amines) is 1. The quantitative estimate of drug-likeness (QED) is 0.587. The van der Waals surface area contributed by atoms with Crippen LogP contribution in [0.4, 0.5) is 4.79 Å². The topological polar surface area (TPSA) is 55.9 Å². The number of halogens is 2. The fourth-order valence-corrected chi connectivity index (χ4v) is 3.66. The first-order chi connectivity index (χ1) is 13.9. The number of hydrogen-bond donors (Lipinski definition) is 1. The second kappa shape index (κ2) is 9.53. The van der Waals surface area contributed by atoms with Gasteiger partial charge in [0.15, 0.2) is 0 Å². The van der Waals surface area contributed by atoms with Crippen LogP contribution in [0.3, 0.4) is 0 Å². The van der Waals surface area contributed by atoms with Gasteiger partial charge in [-0.05, 0) is 31.2 Å². The molecule has 0 radical (unpaired) electrons. The summed E-state index contributed by atoms with van der Waals surface area (Å²) in [5.41, 5.74) is 0.749. The van der Waals surface area contributed by atoms with E-state index in [1.165, 1.54) is 6.08 Å². The van der Waals surface area contributed by atoms with Crippen LogP contribution in [0.15, 0.2) is 30.9 Å². The molecule has 8 heteroatoms. The standard InChI is InChI=1S/C21H24Cl2N4O2/c1-3-20(28)27-13-17(14-27)25-8-10-26(11-9-25)21(29)24-15(2)4-5-16-6-7-18(22)19(23)12-16/h3,6-7,12,15,17H,1,8-11,13-14H2,2H3,(H,24,29). The zero-order chi connectivity index (χ0) is 21.0. The molecule has 1 unspecified atom stereocenters. The number of nitrogens with zero attached hydrogens (tertiary/aromatic N) is 3. The second-order valence-corrected chi connectivity index (χ2v) is 8.01. The summed E-state index contributed by atoms with van der Waals surface area (Å²) in [5, 5.41) is 3.86. The molecule has 1 atom stereocenters. The minimum absolute atomic E-state index is 0.0183. The number of amides is 3. The van der Waals surface area contributed by atoms with Crippen LogP contribution in [-0.2, 0) is 4.79 Å². The molecule has 0 spiro atoms. The van der Waals surface area contributed by atoms with Gasteiger partial charge in [0, 0.05) is 50.9 Å². The highest BCUT2D eigenvalue weighted by atomic mass is 35.5. The molecule has 6 nitrogen and oxygen atoms in total. The largest absolute Gasteiger partial charge is 0.336 e. The van der Waals surface area contributed by atoms with Crippen molar-refractivity contribution >= 4 is 35.1 Å². The number of rotatable bonds is 3. The van der Waals surface area contributed by atoms with Crippen molar-refractivity contribution in [2.75, 3.05) is 39.3 Å². The van der Waals surface area contributed by atoms with Crippen LogP contribution in [-0.4, -0.2) is 78.0 Å². The molecule has 1 aromatic rings. The van der Waals surface area contributed by atoms with Crippen molar-refractivity contribution in [2.24, 2.45) is 0 Å². The summed E-state index contributed by atoms with van der Waals surface area (Å²) in [5.74, 6) is 6.00. The van der Waals surface area contributed by atoms with Crippen molar-refractivity contribution in [3.05, 3.63) is 46.5 Å².